The zero-order valence-corrected chi connectivity index (χ0v) is 15.2. The molecule has 0 saturated carbocycles. The normalized spacial score (nSPS) is 14.1. The van der Waals surface area contributed by atoms with Gasteiger partial charge in [-0.05, 0) is 36.8 Å². The standard InChI is InChI=1S/C19H17N3O3S/c1-12-7-17(15-8-18-19(25-11-24-18)9-16(15)21-12)22-20-10-13-3-5-14(6-4-13)26(2)23/h3-10H,11H2,1-2H3,(H,21,22)/b20-10+. The van der Waals surface area contributed by atoms with Gasteiger partial charge >= 0.3 is 0 Å². The highest BCUT2D eigenvalue weighted by atomic mass is 32.2. The lowest BCUT2D eigenvalue weighted by molar-refractivity contribution is 0.174. The molecule has 1 atom stereocenters. The molecule has 0 radical (unpaired) electrons. The van der Waals surface area contributed by atoms with Gasteiger partial charge in [-0.15, -0.1) is 0 Å². The zero-order valence-electron chi connectivity index (χ0n) is 14.4. The number of benzene rings is 2. The molecule has 2 aromatic carbocycles. The second-order valence-corrected chi connectivity index (χ2v) is 7.31. The third kappa shape index (κ3) is 3.25. The smallest absolute Gasteiger partial charge is 0.231 e. The first-order chi connectivity index (χ1) is 12.6. The Morgan fingerprint density at radius 1 is 1.15 bits per heavy atom. The lowest BCUT2D eigenvalue weighted by Gasteiger charge is -2.08. The topological polar surface area (TPSA) is 72.8 Å². The predicted octanol–water partition coefficient (Wildman–Crippen LogP) is 3.46. The van der Waals surface area contributed by atoms with E-state index in [1.54, 1.807) is 12.5 Å². The van der Waals surface area contributed by atoms with E-state index in [2.05, 4.69) is 15.5 Å². The van der Waals surface area contributed by atoms with Gasteiger partial charge in [0.2, 0.25) is 6.79 Å². The fourth-order valence-corrected chi connectivity index (χ4v) is 3.28. The fraction of sp³-hybridized carbons (Fsp3) is 0.158. The van der Waals surface area contributed by atoms with Crippen molar-refractivity contribution in [3.8, 4) is 11.5 Å². The van der Waals surface area contributed by atoms with Crippen molar-refractivity contribution in [2.75, 3.05) is 18.5 Å². The Balaban J connectivity index is 1.61. The summed E-state index contributed by atoms with van der Waals surface area (Å²) in [6, 6.07) is 13.2. The van der Waals surface area contributed by atoms with Gasteiger partial charge in [0, 0.05) is 39.1 Å². The van der Waals surface area contributed by atoms with Gasteiger partial charge < -0.3 is 9.47 Å². The molecule has 7 heteroatoms. The number of nitrogens with one attached hydrogen (secondary N) is 1. The number of hydrazone groups is 1. The van der Waals surface area contributed by atoms with Crippen LogP contribution in [0.25, 0.3) is 10.9 Å². The predicted molar refractivity (Wildman–Crippen MR) is 103 cm³/mol. The molecule has 1 aliphatic rings. The highest BCUT2D eigenvalue weighted by Gasteiger charge is 2.16. The van der Waals surface area contributed by atoms with Crippen molar-refractivity contribution in [3.05, 3.63) is 53.7 Å². The zero-order chi connectivity index (χ0) is 18.1. The largest absolute Gasteiger partial charge is 0.454 e. The van der Waals surface area contributed by atoms with Crippen molar-refractivity contribution in [1.29, 1.82) is 0 Å². The van der Waals surface area contributed by atoms with Gasteiger partial charge in [0.15, 0.2) is 11.5 Å². The van der Waals surface area contributed by atoms with Crippen LogP contribution >= 0.6 is 0 Å². The van der Waals surface area contributed by atoms with Crippen LogP contribution in [0, 0.1) is 6.92 Å². The maximum atomic E-state index is 11.4. The molecule has 0 aliphatic carbocycles. The second-order valence-electron chi connectivity index (χ2n) is 5.93. The van der Waals surface area contributed by atoms with Crippen LogP contribution in [-0.4, -0.2) is 28.5 Å². The minimum Gasteiger partial charge on any atom is -0.454 e. The van der Waals surface area contributed by atoms with Crippen molar-refractivity contribution in [2.24, 2.45) is 5.10 Å². The first-order valence-corrected chi connectivity index (χ1v) is 9.59. The van der Waals surface area contributed by atoms with Gasteiger partial charge in [-0.3, -0.25) is 14.6 Å². The first-order valence-electron chi connectivity index (χ1n) is 8.04. The van der Waals surface area contributed by atoms with E-state index in [-0.39, 0.29) is 6.79 Å². The van der Waals surface area contributed by atoms with Crippen molar-refractivity contribution in [1.82, 2.24) is 4.98 Å². The number of nitrogens with zero attached hydrogens (tertiary/aromatic N) is 2. The van der Waals surface area contributed by atoms with Gasteiger partial charge in [-0.1, -0.05) is 12.1 Å². The molecular weight excluding hydrogens is 350 g/mol. The SMILES string of the molecule is Cc1cc(N/N=C/c2ccc(S(C)=O)cc2)c2cc3c(cc2n1)OCO3. The number of anilines is 1. The Kier molecular flexibility index (Phi) is 4.30. The highest BCUT2D eigenvalue weighted by molar-refractivity contribution is 7.84. The highest BCUT2D eigenvalue weighted by Crippen LogP contribution is 2.38. The van der Waals surface area contributed by atoms with E-state index in [4.69, 9.17) is 9.47 Å². The quantitative estimate of drug-likeness (QED) is 0.565. The summed E-state index contributed by atoms with van der Waals surface area (Å²) in [5.41, 5.74) is 6.54. The molecule has 3 aromatic rings. The lowest BCUT2D eigenvalue weighted by atomic mass is 10.1. The number of aryl methyl sites for hydroxylation is 1. The van der Waals surface area contributed by atoms with Crippen LogP contribution in [0.2, 0.25) is 0 Å². The van der Waals surface area contributed by atoms with E-state index in [1.165, 1.54) is 0 Å². The number of ether oxygens (including phenoxy) is 2. The minimum atomic E-state index is -0.980. The Morgan fingerprint density at radius 3 is 2.62 bits per heavy atom. The van der Waals surface area contributed by atoms with Crippen molar-refractivity contribution < 1.29 is 13.7 Å². The van der Waals surface area contributed by atoms with E-state index >= 15 is 0 Å². The van der Waals surface area contributed by atoms with Crippen LogP contribution < -0.4 is 14.9 Å². The number of aromatic nitrogens is 1. The van der Waals surface area contributed by atoms with Gasteiger partial charge in [-0.2, -0.15) is 5.10 Å². The summed E-state index contributed by atoms with van der Waals surface area (Å²) >= 11 is 0. The summed E-state index contributed by atoms with van der Waals surface area (Å²) < 4.78 is 22.3. The Labute approximate surface area is 153 Å². The third-order valence-electron chi connectivity index (χ3n) is 4.04. The van der Waals surface area contributed by atoms with E-state index in [1.807, 2.05) is 49.4 Å². The van der Waals surface area contributed by atoms with Gasteiger partial charge in [-0.25, -0.2) is 0 Å². The molecule has 1 N–H and O–H groups in total. The Bertz CT molecular complexity index is 1030. The average molecular weight is 367 g/mol. The number of hydrogen-bond acceptors (Lipinski definition) is 6. The molecule has 0 spiro atoms. The summed E-state index contributed by atoms with van der Waals surface area (Å²) in [7, 11) is -0.980. The summed E-state index contributed by atoms with van der Waals surface area (Å²) in [5.74, 6) is 1.41. The molecule has 0 saturated heterocycles. The minimum absolute atomic E-state index is 0.226. The average Bonchev–Trinajstić information content (AvgIpc) is 3.07. The van der Waals surface area contributed by atoms with Crippen LogP contribution in [0.15, 0.2) is 52.5 Å². The van der Waals surface area contributed by atoms with Crippen molar-refractivity contribution in [3.63, 3.8) is 0 Å². The van der Waals surface area contributed by atoms with Crippen molar-refractivity contribution >= 4 is 33.6 Å². The lowest BCUT2D eigenvalue weighted by Crippen LogP contribution is -1.95. The summed E-state index contributed by atoms with van der Waals surface area (Å²) in [5, 5.41) is 5.23. The second kappa shape index (κ2) is 6.76. The van der Waals surface area contributed by atoms with Crippen LogP contribution in [0.5, 0.6) is 11.5 Å². The number of pyridine rings is 1. The molecule has 1 aromatic heterocycles. The molecule has 1 aliphatic heterocycles. The van der Waals surface area contributed by atoms with Crippen LogP contribution in [0.4, 0.5) is 5.69 Å². The van der Waals surface area contributed by atoms with E-state index in [9.17, 15) is 4.21 Å². The molecule has 132 valence electrons. The van der Waals surface area contributed by atoms with E-state index < -0.39 is 10.8 Å². The molecule has 0 fully saturated rings. The maximum absolute atomic E-state index is 11.4. The fourth-order valence-electron chi connectivity index (χ4n) is 2.76. The molecular formula is C19H17N3O3S. The summed E-state index contributed by atoms with van der Waals surface area (Å²) in [6.45, 7) is 2.16. The van der Waals surface area contributed by atoms with Crippen LogP contribution in [0.1, 0.15) is 11.3 Å². The number of rotatable bonds is 4. The third-order valence-corrected chi connectivity index (χ3v) is 4.98. The Morgan fingerprint density at radius 2 is 1.88 bits per heavy atom. The molecule has 4 rings (SSSR count). The monoisotopic (exact) mass is 367 g/mol. The van der Waals surface area contributed by atoms with Crippen LogP contribution in [-0.2, 0) is 10.8 Å². The molecule has 0 amide bonds. The van der Waals surface area contributed by atoms with Gasteiger partial charge in [0.1, 0.15) is 0 Å². The summed E-state index contributed by atoms with van der Waals surface area (Å²) in [6.07, 6.45) is 3.38. The number of fused-ring (bicyclic) bond motifs is 2. The van der Waals surface area contributed by atoms with Gasteiger partial charge in [0.05, 0.1) is 17.4 Å². The first kappa shape index (κ1) is 16.5. The molecule has 6 nitrogen and oxygen atoms in total. The van der Waals surface area contributed by atoms with E-state index in [0.29, 0.717) is 11.5 Å². The van der Waals surface area contributed by atoms with Gasteiger partial charge in [0.25, 0.3) is 0 Å². The molecule has 1 unspecified atom stereocenters. The van der Waals surface area contributed by atoms with E-state index in [0.717, 1.165) is 32.7 Å². The molecule has 2 heterocycles. The maximum Gasteiger partial charge on any atom is 0.231 e. The van der Waals surface area contributed by atoms with Crippen molar-refractivity contribution in [2.45, 2.75) is 11.8 Å². The number of hydrogen-bond donors (Lipinski definition) is 1. The molecule has 26 heavy (non-hydrogen) atoms. The van der Waals surface area contributed by atoms with Crippen LogP contribution in [0.3, 0.4) is 0 Å². The summed E-state index contributed by atoms with van der Waals surface area (Å²) in [4.78, 5) is 5.34. The molecule has 0 bridgehead atoms. The Hall–Kier alpha value is -2.93.